The minimum absolute atomic E-state index is 0.0436. The summed E-state index contributed by atoms with van der Waals surface area (Å²) in [5, 5.41) is 3.96. The molecule has 1 atom stereocenters. The number of ether oxygens (including phenoxy) is 1. The van der Waals surface area contributed by atoms with E-state index < -0.39 is 0 Å². The van der Waals surface area contributed by atoms with Gasteiger partial charge in [-0.05, 0) is 44.0 Å². The predicted octanol–water partition coefficient (Wildman–Crippen LogP) is 1.58. The van der Waals surface area contributed by atoms with E-state index in [-0.39, 0.29) is 5.91 Å². The lowest BCUT2D eigenvalue weighted by molar-refractivity contribution is 0.0622. The van der Waals surface area contributed by atoms with Crippen LogP contribution in [0.15, 0.2) is 12.1 Å². The second-order valence-electron chi connectivity index (χ2n) is 5.04. The fourth-order valence-corrected chi connectivity index (χ4v) is 3.64. The first kappa shape index (κ1) is 12.0. The molecular weight excluding hydrogens is 249 g/mol. The van der Waals surface area contributed by atoms with Crippen LogP contribution < -0.4 is 10.1 Å². The van der Waals surface area contributed by atoms with Gasteiger partial charge in [-0.15, -0.1) is 0 Å². The number of hydrogen-bond donors (Lipinski definition) is 1. The molecule has 2 bridgehead atoms. The molecule has 3 saturated heterocycles. The molecule has 98 valence electrons. The minimum Gasteiger partial charge on any atom is -0.487 e. The summed E-state index contributed by atoms with van der Waals surface area (Å²) in [5.41, 5.74) is 0. The Balaban J connectivity index is 1.64. The van der Waals surface area contributed by atoms with Gasteiger partial charge in [-0.2, -0.15) is 0 Å². The summed E-state index contributed by atoms with van der Waals surface area (Å²) in [7, 11) is 1.63. The number of nitrogens with one attached hydrogen (secondary N) is 1. The molecule has 1 N–H and O–H groups in total. The van der Waals surface area contributed by atoms with Gasteiger partial charge < -0.3 is 15.0 Å². The third kappa shape index (κ3) is 2.24. The maximum atomic E-state index is 12.1. The lowest BCUT2D eigenvalue weighted by Gasteiger charge is -2.44. The lowest BCUT2D eigenvalue weighted by Crippen LogP contribution is -2.57. The largest absolute Gasteiger partial charge is 0.487 e. The van der Waals surface area contributed by atoms with E-state index in [4.69, 9.17) is 4.74 Å². The quantitative estimate of drug-likeness (QED) is 0.904. The Morgan fingerprint density at radius 2 is 2.22 bits per heavy atom. The number of amides is 1. The molecule has 3 aliphatic rings. The van der Waals surface area contributed by atoms with Crippen LogP contribution in [0.2, 0.25) is 0 Å². The van der Waals surface area contributed by atoms with E-state index in [2.05, 4.69) is 10.2 Å². The third-order valence-corrected chi connectivity index (χ3v) is 5.02. The second kappa shape index (κ2) is 4.90. The van der Waals surface area contributed by atoms with E-state index in [1.165, 1.54) is 37.3 Å². The average Bonchev–Trinajstić information content (AvgIpc) is 2.89. The van der Waals surface area contributed by atoms with Crippen molar-refractivity contribution in [2.75, 3.05) is 26.7 Å². The summed E-state index contributed by atoms with van der Waals surface area (Å²) < 4.78 is 5.11. The zero-order chi connectivity index (χ0) is 12.5. The van der Waals surface area contributed by atoms with Crippen LogP contribution >= 0.6 is 11.3 Å². The number of fused-ring (bicyclic) bond motifs is 3. The smallest absolute Gasteiger partial charge is 0.261 e. The first-order chi connectivity index (χ1) is 8.76. The van der Waals surface area contributed by atoms with Crippen molar-refractivity contribution in [3.63, 3.8) is 0 Å². The van der Waals surface area contributed by atoms with Crippen molar-refractivity contribution in [1.82, 2.24) is 10.2 Å². The average molecular weight is 267 g/mol. The third-order valence-electron chi connectivity index (χ3n) is 3.98. The Morgan fingerprint density at radius 1 is 1.44 bits per heavy atom. The van der Waals surface area contributed by atoms with Crippen LogP contribution in [-0.4, -0.2) is 43.6 Å². The molecule has 5 heteroatoms. The highest BCUT2D eigenvalue weighted by molar-refractivity contribution is 7.15. The summed E-state index contributed by atoms with van der Waals surface area (Å²) in [6.07, 6.45) is 2.44. The number of thiophene rings is 1. The molecule has 1 amide bonds. The molecule has 18 heavy (non-hydrogen) atoms. The fourth-order valence-electron chi connectivity index (χ4n) is 2.92. The van der Waals surface area contributed by atoms with E-state index in [1.807, 2.05) is 12.1 Å². The van der Waals surface area contributed by atoms with Gasteiger partial charge in [0.05, 0.1) is 12.0 Å². The molecule has 0 aliphatic carbocycles. The molecule has 0 aromatic carbocycles. The van der Waals surface area contributed by atoms with Gasteiger partial charge in [0.1, 0.15) is 0 Å². The van der Waals surface area contributed by atoms with Crippen molar-refractivity contribution in [1.29, 1.82) is 0 Å². The molecule has 3 aliphatic heterocycles. The zero-order valence-electron chi connectivity index (χ0n) is 10.5. The summed E-state index contributed by atoms with van der Waals surface area (Å²) in [6.45, 7) is 3.41. The van der Waals surface area contributed by atoms with Gasteiger partial charge >= 0.3 is 0 Å². The van der Waals surface area contributed by atoms with Crippen molar-refractivity contribution in [2.24, 2.45) is 5.92 Å². The minimum atomic E-state index is 0.0436. The van der Waals surface area contributed by atoms with Gasteiger partial charge in [-0.1, -0.05) is 11.3 Å². The molecule has 3 fully saturated rings. The Bertz CT molecular complexity index is 438. The molecule has 4 rings (SSSR count). The van der Waals surface area contributed by atoms with Crippen molar-refractivity contribution in [3.8, 4) is 5.06 Å². The summed E-state index contributed by atoms with van der Waals surface area (Å²) in [6, 6.07) is 4.00. The number of hydrogen-bond acceptors (Lipinski definition) is 4. The Kier molecular flexibility index (Phi) is 3.26. The molecule has 0 spiro atoms. The Hall–Kier alpha value is -1.07. The number of nitrogens with zero attached hydrogens (tertiary/aromatic N) is 1. The van der Waals surface area contributed by atoms with Crippen LogP contribution in [0.3, 0.4) is 0 Å². The number of methoxy groups -OCH3 is 1. The molecule has 4 heterocycles. The van der Waals surface area contributed by atoms with Crippen molar-refractivity contribution >= 4 is 17.2 Å². The number of piperidine rings is 3. The van der Waals surface area contributed by atoms with Crippen LogP contribution in [0.25, 0.3) is 0 Å². The molecule has 1 aromatic heterocycles. The standard InChI is InChI=1S/C13H18N2O2S/c1-17-12-3-2-11(18-12)13(16)14-10-8-15-6-4-9(10)5-7-15/h2-3,9-10H,4-8H2,1H3,(H,14,16)/t10-/m0/s1/i11+1. The van der Waals surface area contributed by atoms with E-state index in [0.29, 0.717) is 12.0 Å². The monoisotopic (exact) mass is 267 g/mol. The molecule has 4 nitrogen and oxygen atoms in total. The summed E-state index contributed by atoms with van der Waals surface area (Å²) in [5.74, 6) is 0.711. The number of rotatable bonds is 3. The van der Waals surface area contributed by atoms with Crippen LogP contribution in [0.1, 0.15) is 22.5 Å². The maximum absolute atomic E-state index is 12.1. The molecule has 0 unspecified atom stereocenters. The topological polar surface area (TPSA) is 41.6 Å². The summed E-state index contributed by atoms with van der Waals surface area (Å²) in [4.78, 5) is 15.3. The van der Waals surface area contributed by atoms with Gasteiger partial charge in [0, 0.05) is 12.6 Å². The number of carbonyl (C=O) groups excluding carboxylic acids is 1. The predicted molar refractivity (Wildman–Crippen MR) is 71.3 cm³/mol. The fraction of sp³-hybridized carbons (Fsp3) is 0.615. The lowest BCUT2D eigenvalue weighted by atomic mass is 9.84. The van der Waals surface area contributed by atoms with E-state index in [9.17, 15) is 4.79 Å². The molecular formula is C13H18N2O2S. The number of carbonyl (C=O) groups is 1. The highest BCUT2D eigenvalue weighted by atomic mass is 32.1. The molecule has 0 radical (unpaired) electrons. The highest BCUT2D eigenvalue weighted by Gasteiger charge is 2.35. The summed E-state index contributed by atoms with van der Waals surface area (Å²) >= 11 is 1.40. The van der Waals surface area contributed by atoms with Gasteiger partial charge in [0.25, 0.3) is 5.91 Å². The van der Waals surface area contributed by atoms with E-state index >= 15 is 0 Å². The molecule has 1 aromatic rings. The Labute approximate surface area is 111 Å². The Morgan fingerprint density at radius 3 is 2.78 bits per heavy atom. The van der Waals surface area contributed by atoms with Crippen molar-refractivity contribution in [2.45, 2.75) is 18.9 Å². The molecule has 0 saturated carbocycles. The highest BCUT2D eigenvalue weighted by Crippen LogP contribution is 2.28. The van der Waals surface area contributed by atoms with E-state index in [1.54, 1.807) is 7.11 Å². The van der Waals surface area contributed by atoms with Gasteiger partial charge in [-0.25, -0.2) is 0 Å². The van der Waals surface area contributed by atoms with Crippen molar-refractivity contribution < 1.29 is 9.53 Å². The normalized spacial score (nSPS) is 30.2. The maximum Gasteiger partial charge on any atom is 0.261 e. The van der Waals surface area contributed by atoms with Gasteiger partial charge in [0.2, 0.25) is 0 Å². The van der Waals surface area contributed by atoms with Gasteiger partial charge in [0.15, 0.2) is 5.06 Å². The van der Waals surface area contributed by atoms with Gasteiger partial charge in [-0.3, -0.25) is 4.79 Å². The second-order valence-corrected chi connectivity index (χ2v) is 6.09. The van der Waals surface area contributed by atoms with Crippen LogP contribution in [-0.2, 0) is 0 Å². The van der Waals surface area contributed by atoms with Crippen LogP contribution in [0.4, 0.5) is 0 Å². The SMILES string of the molecule is COc1cc[13c](C(=O)N[C@H]2CN3CCC2CC3)s1. The first-order valence-electron chi connectivity index (χ1n) is 6.43. The first-order valence-corrected chi connectivity index (χ1v) is 7.25. The van der Waals surface area contributed by atoms with Crippen molar-refractivity contribution in [3.05, 3.63) is 17.0 Å². The van der Waals surface area contributed by atoms with Crippen LogP contribution in [0.5, 0.6) is 5.06 Å². The van der Waals surface area contributed by atoms with E-state index in [0.717, 1.165) is 16.5 Å². The zero-order valence-corrected chi connectivity index (χ0v) is 11.3. The van der Waals surface area contributed by atoms with Crippen LogP contribution in [0, 0.1) is 5.92 Å².